The van der Waals surface area contributed by atoms with E-state index in [1.807, 2.05) is 169 Å². The van der Waals surface area contributed by atoms with Crippen LogP contribution in [0.25, 0.3) is 44.3 Å². The first-order valence-corrected chi connectivity index (χ1v) is 28.3. The molecule has 5 heterocycles. The van der Waals surface area contributed by atoms with E-state index in [1.54, 1.807) is 0 Å². The Kier molecular flexibility index (Phi) is 17.7. The van der Waals surface area contributed by atoms with Crippen LogP contribution in [0, 0.1) is 5.92 Å². The van der Waals surface area contributed by atoms with Crippen molar-refractivity contribution in [2.24, 2.45) is 20.0 Å². The van der Waals surface area contributed by atoms with Crippen LogP contribution in [0.3, 0.4) is 0 Å². The zero-order valence-corrected chi connectivity index (χ0v) is 47.2. The molecule has 0 unspecified atom stereocenters. The van der Waals surface area contributed by atoms with Gasteiger partial charge in [-0.05, 0) is 102 Å². The molecule has 13 heteroatoms. The number of hydrogen-bond acceptors (Lipinski definition) is 10. The number of aromatic nitrogens is 6. The minimum Gasteiger partial charge on any atom is -0.473 e. The van der Waals surface area contributed by atoms with Crippen molar-refractivity contribution in [3.63, 3.8) is 0 Å². The number of piperidine rings is 1. The lowest BCUT2D eigenvalue weighted by Crippen LogP contribution is -2.34. The van der Waals surface area contributed by atoms with Gasteiger partial charge in [-0.1, -0.05) is 168 Å². The van der Waals surface area contributed by atoms with Gasteiger partial charge in [-0.25, -0.2) is 0 Å². The van der Waals surface area contributed by atoms with Crippen LogP contribution in [0.2, 0.25) is 0 Å². The molecule has 1 fully saturated rings. The number of pyridine rings is 2. The van der Waals surface area contributed by atoms with E-state index >= 15 is 0 Å². The first-order chi connectivity index (χ1) is 39.9. The maximum atomic E-state index is 6.36. The number of halogens is 1. The van der Waals surface area contributed by atoms with Gasteiger partial charge in [0.25, 0.3) is 0 Å². The molecule has 7 aromatic carbocycles. The van der Waals surface area contributed by atoms with Crippen molar-refractivity contribution < 1.29 is 23.7 Å². The van der Waals surface area contributed by atoms with Crippen LogP contribution in [0.1, 0.15) is 47.1 Å². The van der Waals surface area contributed by atoms with Gasteiger partial charge in [0, 0.05) is 66.9 Å². The molecule has 408 valence electrons. The van der Waals surface area contributed by atoms with E-state index in [0.717, 1.165) is 97.2 Å². The van der Waals surface area contributed by atoms with Crippen LogP contribution in [-0.4, -0.2) is 49.2 Å². The lowest BCUT2D eigenvalue weighted by Gasteiger charge is -2.33. The van der Waals surface area contributed by atoms with E-state index in [1.165, 1.54) is 24.1 Å². The number of hydrogen-bond donors (Lipinski definition) is 0. The summed E-state index contributed by atoms with van der Waals surface area (Å²) in [6.07, 6.45) is 3.47. The van der Waals surface area contributed by atoms with E-state index in [2.05, 4.69) is 87.6 Å². The topological polar surface area (TPSA) is 111 Å². The maximum absolute atomic E-state index is 6.36. The zero-order chi connectivity index (χ0) is 55.2. The van der Waals surface area contributed by atoms with Crippen LogP contribution in [-0.2, 0) is 51.9 Å². The quantitative estimate of drug-likeness (QED) is 0.0684. The van der Waals surface area contributed by atoms with Gasteiger partial charge in [0.1, 0.15) is 37.8 Å². The van der Waals surface area contributed by atoms with Crippen molar-refractivity contribution >= 4 is 43.4 Å². The second-order valence-corrected chi connectivity index (χ2v) is 21.1. The molecular weight excluding hydrogens is 1070 g/mol. The molecule has 11 aromatic rings. The highest BCUT2D eigenvalue weighted by Gasteiger charge is 2.23. The zero-order valence-electron chi connectivity index (χ0n) is 45.6. The molecule has 12 nitrogen and oxygen atoms in total. The second-order valence-electron chi connectivity index (χ2n) is 20.2. The van der Waals surface area contributed by atoms with Gasteiger partial charge in [-0.3, -0.25) is 9.36 Å². The fourth-order valence-corrected chi connectivity index (χ4v) is 10.4. The molecule has 1 saturated heterocycles. The fourth-order valence-electron chi connectivity index (χ4n) is 10.1. The molecule has 0 saturated carbocycles. The number of ether oxygens (including phenoxy) is 5. The highest BCUT2D eigenvalue weighted by Crippen LogP contribution is 2.39. The van der Waals surface area contributed by atoms with Crippen LogP contribution >= 0.6 is 15.9 Å². The molecule has 0 radical (unpaired) electrons. The molecule has 12 rings (SSSR count). The lowest BCUT2D eigenvalue weighted by atomic mass is 9.93. The smallest absolute Gasteiger partial charge is 0.226 e. The summed E-state index contributed by atoms with van der Waals surface area (Å²) in [6.45, 7) is 5.26. The van der Waals surface area contributed by atoms with E-state index in [0.29, 0.717) is 62.5 Å². The Labute approximate surface area is 481 Å². The predicted octanol–water partition coefficient (Wildman–Crippen LogP) is 15.2. The van der Waals surface area contributed by atoms with Crippen LogP contribution < -0.4 is 23.8 Å². The summed E-state index contributed by atoms with van der Waals surface area (Å²) >= 11 is 3.55. The Morgan fingerprint density at radius 3 is 1.31 bits per heavy atom. The number of fused-ring (bicyclic) bond motifs is 2. The summed E-state index contributed by atoms with van der Waals surface area (Å²) < 4.78 is 35.4. The van der Waals surface area contributed by atoms with Gasteiger partial charge in [-0.2, -0.15) is 20.2 Å². The molecule has 0 atom stereocenters. The standard InChI is InChI=1S/C41H42N4O3.C27H22BrN3O2/c1-44-38-27-35(45-24-21-31(22-25-45)23-26-46-28-32-11-5-2-6-12-32)17-18-36(38)40(43-44)37-19-20-39(47-29-33-13-7-3-8-14-33)42-41(37)48-30-34-15-9-4-10-16-34;1-31-24-16-21(28)12-13-22(24)26(30-31)23-14-15-25(32-17-19-8-4-2-5-9-19)29-27(23)33-18-20-10-6-3-7-11-20/h2-20,27,31H,21-26,28-30H2,1H3;2-16H,17-18H2,1H3. The maximum Gasteiger partial charge on any atom is 0.226 e. The number of aryl methyl sites for hydroxylation is 2. The third kappa shape index (κ3) is 14.0. The third-order valence-corrected chi connectivity index (χ3v) is 15.0. The molecule has 0 aliphatic carbocycles. The Morgan fingerprint density at radius 1 is 0.444 bits per heavy atom. The van der Waals surface area contributed by atoms with Gasteiger partial charge in [0.15, 0.2) is 0 Å². The normalized spacial score (nSPS) is 12.5. The van der Waals surface area contributed by atoms with Crippen molar-refractivity contribution in [2.75, 3.05) is 24.6 Å². The molecule has 0 bridgehead atoms. The van der Waals surface area contributed by atoms with Gasteiger partial charge in [0.2, 0.25) is 23.5 Å². The SMILES string of the molecule is Cn1nc(-c2ccc(OCc3ccccc3)nc2OCc2ccccc2)c2ccc(Br)cc21.Cn1nc(-c2ccc(OCc3ccccc3)nc2OCc2ccccc2)c2ccc(N3CCC(CCOCc4ccccc4)CC3)cc21. The predicted molar refractivity (Wildman–Crippen MR) is 324 cm³/mol. The van der Waals surface area contributed by atoms with Gasteiger partial charge >= 0.3 is 0 Å². The fraction of sp³-hybridized carbons (Fsp3) is 0.206. The molecule has 81 heavy (non-hydrogen) atoms. The Bertz CT molecular complexity index is 3780. The van der Waals surface area contributed by atoms with Gasteiger partial charge in [-0.15, -0.1) is 0 Å². The van der Waals surface area contributed by atoms with Gasteiger partial charge in [0.05, 0.1) is 28.8 Å². The second kappa shape index (κ2) is 26.5. The molecular formula is C68H64BrN7O5. The van der Waals surface area contributed by atoms with Crippen LogP contribution in [0.4, 0.5) is 5.69 Å². The largest absolute Gasteiger partial charge is 0.473 e. The van der Waals surface area contributed by atoms with E-state index in [-0.39, 0.29) is 0 Å². The summed E-state index contributed by atoms with van der Waals surface area (Å²) in [4.78, 5) is 12.0. The lowest BCUT2D eigenvalue weighted by molar-refractivity contribution is 0.104. The van der Waals surface area contributed by atoms with Crippen molar-refractivity contribution in [1.29, 1.82) is 0 Å². The first-order valence-electron chi connectivity index (χ1n) is 27.5. The van der Waals surface area contributed by atoms with Crippen molar-refractivity contribution in [3.8, 4) is 46.0 Å². The molecule has 1 aliphatic rings. The molecule has 0 amide bonds. The van der Waals surface area contributed by atoms with E-state index in [4.69, 9.17) is 43.8 Å². The average Bonchev–Trinajstić information content (AvgIpc) is 4.25. The van der Waals surface area contributed by atoms with Crippen molar-refractivity contribution in [1.82, 2.24) is 29.5 Å². The number of nitrogens with zero attached hydrogens (tertiary/aromatic N) is 7. The number of benzene rings is 7. The van der Waals surface area contributed by atoms with Crippen LogP contribution in [0.5, 0.6) is 23.5 Å². The van der Waals surface area contributed by atoms with E-state index in [9.17, 15) is 0 Å². The Hall–Kier alpha value is -8.78. The number of rotatable bonds is 20. The third-order valence-electron chi connectivity index (χ3n) is 14.5. The first kappa shape index (κ1) is 54.2. The van der Waals surface area contributed by atoms with Crippen molar-refractivity contribution in [3.05, 3.63) is 245 Å². The van der Waals surface area contributed by atoms with E-state index < -0.39 is 0 Å². The monoisotopic (exact) mass is 1140 g/mol. The Morgan fingerprint density at radius 2 is 0.852 bits per heavy atom. The van der Waals surface area contributed by atoms with Crippen molar-refractivity contribution in [2.45, 2.75) is 52.3 Å². The molecule has 4 aromatic heterocycles. The summed E-state index contributed by atoms with van der Waals surface area (Å²) in [5.74, 6) is 2.72. The molecule has 0 spiro atoms. The summed E-state index contributed by atoms with van der Waals surface area (Å²) in [5, 5.41) is 11.9. The average molecular weight is 1140 g/mol. The highest BCUT2D eigenvalue weighted by molar-refractivity contribution is 9.10. The summed E-state index contributed by atoms with van der Waals surface area (Å²) in [6, 6.07) is 71.3. The highest BCUT2D eigenvalue weighted by atomic mass is 79.9. The van der Waals surface area contributed by atoms with Crippen LogP contribution in [0.15, 0.2) is 217 Å². The molecule has 1 aliphatic heterocycles. The molecule has 0 N–H and O–H groups in total. The summed E-state index contributed by atoms with van der Waals surface area (Å²) in [5.41, 5.74) is 12.2. The Balaban J connectivity index is 0.000000183. The minimum atomic E-state index is 0.396. The minimum absolute atomic E-state index is 0.396. The van der Waals surface area contributed by atoms with Gasteiger partial charge < -0.3 is 28.6 Å². The number of anilines is 1. The summed E-state index contributed by atoms with van der Waals surface area (Å²) in [7, 11) is 3.94.